The maximum absolute atomic E-state index is 12.7. The summed E-state index contributed by atoms with van der Waals surface area (Å²) in [6, 6.07) is 7.78. The van der Waals surface area contributed by atoms with E-state index in [4.69, 9.17) is 9.84 Å². The van der Waals surface area contributed by atoms with Gasteiger partial charge in [-0.15, -0.1) is 0 Å². The van der Waals surface area contributed by atoms with Crippen LogP contribution in [0.5, 0.6) is 5.75 Å². The van der Waals surface area contributed by atoms with Gasteiger partial charge in [-0.05, 0) is 49.9 Å². The highest BCUT2D eigenvalue weighted by atomic mass is 16.5. The number of carbonyl (C=O) groups is 2. The van der Waals surface area contributed by atoms with Crippen molar-refractivity contribution >= 4 is 11.9 Å². The molecule has 7 heteroatoms. The van der Waals surface area contributed by atoms with Crippen molar-refractivity contribution in [3.8, 4) is 5.75 Å². The molecular formula is C32H59N3O4. The van der Waals surface area contributed by atoms with Gasteiger partial charge in [0.25, 0.3) is 0 Å². The van der Waals surface area contributed by atoms with Gasteiger partial charge >= 0.3 is 5.97 Å². The van der Waals surface area contributed by atoms with Crippen LogP contribution in [0.1, 0.15) is 94.1 Å². The highest BCUT2D eigenvalue weighted by Gasteiger charge is 2.33. The largest absolute Gasteiger partial charge is 0.497 e. The van der Waals surface area contributed by atoms with Gasteiger partial charge in [-0.1, -0.05) is 93.5 Å². The Kier molecular flexibility index (Phi) is 23.0. The molecule has 1 aromatic rings. The monoisotopic (exact) mass is 549 g/mol. The van der Waals surface area contributed by atoms with Gasteiger partial charge < -0.3 is 25.4 Å². The van der Waals surface area contributed by atoms with E-state index in [1.54, 1.807) is 14.2 Å². The number of carboxylic acids is 1. The van der Waals surface area contributed by atoms with Crippen LogP contribution < -0.4 is 15.4 Å². The second-order valence-electron chi connectivity index (χ2n) is 10.5. The molecule has 1 rings (SSSR count). The van der Waals surface area contributed by atoms with E-state index < -0.39 is 12.0 Å². The second kappa shape index (κ2) is 22.1. The fourth-order valence-electron chi connectivity index (χ4n) is 2.79. The summed E-state index contributed by atoms with van der Waals surface area (Å²) in [5, 5.41) is 15.2. The molecule has 0 radical (unpaired) electrons. The molecule has 1 aromatic carbocycles. The number of carbonyl (C=O) groups excluding carboxylic acids is 1. The fraction of sp³-hybridized carbons (Fsp3) is 0.625. The molecule has 3 N–H and O–H groups in total. The van der Waals surface area contributed by atoms with E-state index >= 15 is 0 Å². The molecule has 0 spiro atoms. The van der Waals surface area contributed by atoms with Crippen molar-refractivity contribution in [1.29, 1.82) is 0 Å². The average molecular weight is 550 g/mol. The number of carboxylic acid groups (broad SMARTS) is 1. The Labute approximate surface area is 240 Å². The van der Waals surface area contributed by atoms with E-state index in [0.29, 0.717) is 5.92 Å². The van der Waals surface area contributed by atoms with Crippen molar-refractivity contribution in [2.75, 3.05) is 27.7 Å². The van der Waals surface area contributed by atoms with Crippen LogP contribution in [0.15, 0.2) is 48.2 Å². The number of amides is 1. The van der Waals surface area contributed by atoms with E-state index in [0.717, 1.165) is 11.4 Å². The Morgan fingerprint density at radius 1 is 1.10 bits per heavy atom. The zero-order valence-electron chi connectivity index (χ0n) is 27.4. The number of rotatable bonds is 10. The summed E-state index contributed by atoms with van der Waals surface area (Å²) in [5.41, 5.74) is 2.00. The number of hydrogen-bond acceptors (Lipinski definition) is 5. The molecular weight excluding hydrogens is 490 g/mol. The first-order valence-electron chi connectivity index (χ1n) is 14.0. The molecule has 2 atom stereocenters. The van der Waals surface area contributed by atoms with Gasteiger partial charge in [0.05, 0.1) is 7.11 Å². The van der Waals surface area contributed by atoms with Crippen molar-refractivity contribution in [1.82, 2.24) is 15.5 Å². The molecule has 0 aliphatic rings. The second-order valence-corrected chi connectivity index (χ2v) is 10.5. The summed E-state index contributed by atoms with van der Waals surface area (Å²) in [4.78, 5) is 25.1. The summed E-state index contributed by atoms with van der Waals surface area (Å²) < 4.78 is 5.05. The Bertz CT molecular complexity index is 840. The van der Waals surface area contributed by atoms with E-state index in [2.05, 4.69) is 57.0 Å². The van der Waals surface area contributed by atoms with Crippen molar-refractivity contribution < 1.29 is 19.4 Å². The van der Waals surface area contributed by atoms with Crippen molar-refractivity contribution in [3.05, 3.63) is 53.8 Å². The molecule has 0 heterocycles. The number of nitrogens with zero attached hydrogens (tertiary/aromatic N) is 1. The molecule has 226 valence electrons. The number of nitrogens with one attached hydrogen (secondary N) is 2. The molecule has 0 aromatic heterocycles. The molecule has 7 nitrogen and oxygen atoms in total. The number of ether oxygens (including phenoxy) is 1. The van der Waals surface area contributed by atoms with Crippen LogP contribution in [0.4, 0.5) is 0 Å². The Morgan fingerprint density at radius 3 is 1.90 bits per heavy atom. The third-order valence-corrected chi connectivity index (χ3v) is 5.57. The molecule has 0 fully saturated rings. The predicted octanol–water partition coefficient (Wildman–Crippen LogP) is 6.86. The maximum atomic E-state index is 12.7. The smallest absolute Gasteiger partial charge is 0.331 e. The number of likely N-dealkylation sites (N-methyl/N-ethyl adjacent to an activating group) is 2. The summed E-state index contributed by atoms with van der Waals surface area (Å²) in [5.74, 6) is 0.444. The lowest BCUT2D eigenvalue weighted by molar-refractivity contribution is -0.135. The van der Waals surface area contributed by atoms with Crippen LogP contribution in [0.3, 0.4) is 0 Å². The number of methoxy groups -OCH3 is 1. The molecule has 0 saturated carbocycles. The van der Waals surface area contributed by atoms with Crippen LogP contribution in [0.25, 0.3) is 0 Å². The lowest BCUT2D eigenvalue weighted by Crippen LogP contribution is -2.53. The quantitative estimate of drug-likeness (QED) is 0.276. The van der Waals surface area contributed by atoms with Crippen LogP contribution >= 0.6 is 0 Å². The normalized spacial score (nSPS) is 12.2. The molecule has 1 amide bonds. The van der Waals surface area contributed by atoms with E-state index in [-0.39, 0.29) is 29.5 Å². The van der Waals surface area contributed by atoms with E-state index in [1.807, 2.05) is 60.7 Å². The van der Waals surface area contributed by atoms with Crippen molar-refractivity contribution in [2.24, 2.45) is 5.41 Å². The fourth-order valence-corrected chi connectivity index (χ4v) is 2.79. The van der Waals surface area contributed by atoms with Gasteiger partial charge in [-0.2, -0.15) is 0 Å². The standard InChI is InChI=1S/C17H31N3O3.C10H14O.C3H8.C2H6/c1-11(16(22)23)9-10-20(8)15(21)14(17(4,5)6)19-13(3)12(2)18-7;1-8(2)9-4-6-10(11-3)7-5-9;1-3-2;1-2/h9,12,14,18-19H,3,10H2,1-2,4-8H3,(H,22,23);4-8H,1-3H3;3H2,1-2H3;1-2H3/b11-9+;;;. The first-order valence-corrected chi connectivity index (χ1v) is 14.0. The third-order valence-electron chi connectivity index (χ3n) is 5.57. The highest BCUT2D eigenvalue weighted by Crippen LogP contribution is 2.22. The molecule has 2 unspecified atom stereocenters. The third kappa shape index (κ3) is 18.2. The topological polar surface area (TPSA) is 90.9 Å². The lowest BCUT2D eigenvalue weighted by Gasteiger charge is -2.35. The van der Waals surface area contributed by atoms with Crippen LogP contribution in [0.2, 0.25) is 0 Å². The zero-order valence-corrected chi connectivity index (χ0v) is 27.4. The summed E-state index contributed by atoms with van der Waals surface area (Å²) in [6.45, 7) is 26.3. The van der Waals surface area contributed by atoms with Gasteiger partial charge in [-0.25, -0.2) is 4.79 Å². The van der Waals surface area contributed by atoms with E-state index in [1.165, 1.54) is 29.9 Å². The number of aliphatic carboxylic acids is 1. The number of hydrogen-bond donors (Lipinski definition) is 3. The summed E-state index contributed by atoms with van der Waals surface area (Å²) in [6.07, 6.45) is 2.78. The molecule has 0 saturated heterocycles. The maximum Gasteiger partial charge on any atom is 0.331 e. The molecule has 39 heavy (non-hydrogen) atoms. The Hall–Kier alpha value is -2.80. The minimum atomic E-state index is -0.979. The van der Waals surface area contributed by atoms with Gasteiger partial charge in [-0.3, -0.25) is 4.79 Å². The average Bonchev–Trinajstić information content (AvgIpc) is 2.90. The van der Waals surface area contributed by atoms with Crippen molar-refractivity contribution in [2.45, 2.75) is 101 Å². The zero-order chi connectivity index (χ0) is 31.3. The van der Waals surface area contributed by atoms with Crippen molar-refractivity contribution in [3.63, 3.8) is 0 Å². The minimum absolute atomic E-state index is 0.0344. The van der Waals surface area contributed by atoms with Crippen LogP contribution in [0, 0.1) is 5.41 Å². The summed E-state index contributed by atoms with van der Waals surface area (Å²) >= 11 is 0. The minimum Gasteiger partial charge on any atom is -0.497 e. The molecule has 0 aliphatic heterocycles. The number of benzene rings is 1. The van der Waals surface area contributed by atoms with E-state index in [9.17, 15) is 9.59 Å². The first kappa shape index (κ1) is 40.7. The Balaban J connectivity index is -0.000000666. The van der Waals surface area contributed by atoms with Gasteiger partial charge in [0.1, 0.15) is 11.8 Å². The SMILES string of the molecule is C=C(NC(C(=O)N(C)C/C=C(\C)C(=O)O)C(C)(C)C)C(C)NC.CC.CCC.COc1ccc(C(C)C)cc1. The van der Waals surface area contributed by atoms with Crippen LogP contribution in [-0.2, 0) is 9.59 Å². The Morgan fingerprint density at radius 2 is 1.56 bits per heavy atom. The van der Waals surface area contributed by atoms with Crippen LogP contribution in [-0.4, -0.2) is 61.7 Å². The lowest BCUT2D eigenvalue weighted by atomic mass is 9.85. The van der Waals surface area contributed by atoms with Gasteiger partial charge in [0, 0.05) is 30.9 Å². The first-order chi connectivity index (χ1) is 18.1. The van der Waals surface area contributed by atoms with Gasteiger partial charge in [0.15, 0.2) is 0 Å². The van der Waals surface area contributed by atoms with Gasteiger partial charge in [0.2, 0.25) is 5.91 Å². The highest BCUT2D eigenvalue weighted by molar-refractivity contribution is 5.86. The molecule has 0 aliphatic carbocycles. The molecule has 0 bridgehead atoms. The summed E-state index contributed by atoms with van der Waals surface area (Å²) in [7, 11) is 5.18. The predicted molar refractivity (Wildman–Crippen MR) is 167 cm³/mol.